The van der Waals surface area contributed by atoms with Crippen LogP contribution in [0.5, 0.6) is 0 Å². The lowest BCUT2D eigenvalue weighted by molar-refractivity contribution is 0.102. The Hall–Kier alpha value is -0.490. The average molecular weight is 311 g/mol. The number of alkyl halides is 1. The summed E-state index contributed by atoms with van der Waals surface area (Å²) in [5.74, 6) is -0.285. The molecule has 0 aliphatic carbocycles. The Morgan fingerprint density at radius 1 is 1.38 bits per heavy atom. The Labute approximate surface area is 94.6 Å². The number of anilines is 2. The summed E-state index contributed by atoms with van der Waals surface area (Å²) in [5.41, 5.74) is 12.5. The average Bonchev–Trinajstić information content (AvgIpc) is 2.13. The molecule has 0 aliphatic rings. The highest BCUT2D eigenvalue weighted by Gasteiger charge is 2.11. The Kier molecular flexibility index (Phi) is 3.38. The molecule has 0 saturated heterocycles. The van der Waals surface area contributed by atoms with E-state index >= 15 is 0 Å². The summed E-state index contributed by atoms with van der Waals surface area (Å²) >= 11 is 7.46. The summed E-state index contributed by atoms with van der Waals surface area (Å²) in [4.78, 5) is 11.2. The molecule has 0 atom stereocenters. The van der Waals surface area contributed by atoms with Crippen LogP contribution in [0.1, 0.15) is 10.4 Å². The first kappa shape index (κ1) is 10.6. The zero-order valence-corrected chi connectivity index (χ0v) is 9.59. The largest absolute Gasteiger partial charge is 0.396 e. The molecule has 13 heavy (non-hydrogen) atoms. The molecule has 1 rings (SSSR count). The molecule has 5 heteroatoms. The molecule has 0 amide bonds. The molecular weight excluding hydrogens is 302 g/mol. The van der Waals surface area contributed by atoms with E-state index in [1.807, 2.05) is 0 Å². The van der Waals surface area contributed by atoms with Gasteiger partial charge in [0.15, 0.2) is 5.78 Å². The van der Waals surface area contributed by atoms with Gasteiger partial charge in [0.2, 0.25) is 0 Å². The summed E-state index contributed by atoms with van der Waals surface area (Å²) in [6, 6.07) is 3.38. The summed E-state index contributed by atoms with van der Waals surface area (Å²) in [5, 5.41) is 0. The molecule has 1 aromatic carbocycles. The van der Waals surface area contributed by atoms with Gasteiger partial charge in [0, 0.05) is 9.13 Å². The van der Waals surface area contributed by atoms with E-state index in [0.717, 1.165) is 3.57 Å². The molecule has 0 bridgehead atoms. The fraction of sp³-hybridized carbons (Fsp3) is 0.125. The van der Waals surface area contributed by atoms with Crippen molar-refractivity contribution < 1.29 is 4.79 Å². The summed E-state index contributed by atoms with van der Waals surface area (Å²) < 4.78 is 0.834. The highest BCUT2D eigenvalue weighted by atomic mass is 127. The standard InChI is InChI=1S/C8H8ClIN2O/c9-3-6(13)4-1-2-5(10)8(12)7(4)11/h1-2H,3,11-12H2. The molecule has 3 nitrogen and oxygen atoms in total. The van der Waals surface area contributed by atoms with Gasteiger partial charge in [-0.15, -0.1) is 11.6 Å². The van der Waals surface area contributed by atoms with Crippen LogP contribution in [0.4, 0.5) is 11.4 Å². The second kappa shape index (κ2) is 4.15. The van der Waals surface area contributed by atoms with E-state index in [4.69, 9.17) is 23.1 Å². The summed E-state index contributed by atoms with van der Waals surface area (Å²) in [6.45, 7) is 0. The van der Waals surface area contributed by atoms with Gasteiger partial charge in [-0.2, -0.15) is 0 Å². The quantitative estimate of drug-likeness (QED) is 0.379. The van der Waals surface area contributed by atoms with Crippen molar-refractivity contribution in [2.75, 3.05) is 17.3 Å². The van der Waals surface area contributed by atoms with Gasteiger partial charge in [-0.25, -0.2) is 0 Å². The smallest absolute Gasteiger partial charge is 0.179 e. The van der Waals surface area contributed by atoms with Crippen molar-refractivity contribution in [1.29, 1.82) is 0 Å². The van der Waals surface area contributed by atoms with Gasteiger partial charge in [0.05, 0.1) is 17.3 Å². The molecule has 0 unspecified atom stereocenters. The Morgan fingerprint density at radius 3 is 2.54 bits per heavy atom. The molecule has 0 radical (unpaired) electrons. The third-order valence-electron chi connectivity index (χ3n) is 1.66. The van der Waals surface area contributed by atoms with E-state index in [2.05, 4.69) is 22.6 Å². The lowest BCUT2D eigenvalue weighted by Crippen LogP contribution is -2.08. The number of nitrogens with two attached hydrogens (primary N) is 2. The van der Waals surface area contributed by atoms with Gasteiger partial charge in [-0.1, -0.05) is 0 Å². The van der Waals surface area contributed by atoms with Crippen LogP contribution >= 0.6 is 34.2 Å². The zero-order valence-electron chi connectivity index (χ0n) is 6.68. The molecule has 4 N–H and O–H groups in total. The number of benzene rings is 1. The Balaban J connectivity index is 3.26. The predicted molar refractivity (Wildman–Crippen MR) is 63.0 cm³/mol. The molecule has 0 fully saturated rings. The number of rotatable bonds is 2. The number of hydrogen-bond donors (Lipinski definition) is 2. The van der Waals surface area contributed by atoms with Gasteiger partial charge in [0.25, 0.3) is 0 Å². The van der Waals surface area contributed by atoms with Crippen LogP contribution in [-0.4, -0.2) is 11.7 Å². The van der Waals surface area contributed by atoms with Gasteiger partial charge >= 0.3 is 0 Å². The molecular formula is C8H8ClIN2O. The molecule has 0 spiro atoms. The van der Waals surface area contributed by atoms with Crippen molar-refractivity contribution >= 4 is 51.3 Å². The third-order valence-corrected chi connectivity index (χ3v) is 2.84. The van der Waals surface area contributed by atoms with Crippen LogP contribution in [0.2, 0.25) is 0 Å². The minimum absolute atomic E-state index is 0.0791. The molecule has 1 aromatic rings. The lowest BCUT2D eigenvalue weighted by atomic mass is 10.1. The van der Waals surface area contributed by atoms with Crippen molar-refractivity contribution in [2.24, 2.45) is 0 Å². The lowest BCUT2D eigenvalue weighted by Gasteiger charge is -2.07. The van der Waals surface area contributed by atoms with Crippen LogP contribution in [-0.2, 0) is 0 Å². The molecule has 0 aliphatic heterocycles. The van der Waals surface area contributed by atoms with E-state index in [1.165, 1.54) is 0 Å². The number of hydrogen-bond acceptors (Lipinski definition) is 3. The van der Waals surface area contributed by atoms with E-state index in [0.29, 0.717) is 16.9 Å². The first-order valence-corrected chi connectivity index (χ1v) is 5.12. The minimum Gasteiger partial charge on any atom is -0.396 e. The van der Waals surface area contributed by atoms with Gasteiger partial charge < -0.3 is 11.5 Å². The van der Waals surface area contributed by atoms with Crippen LogP contribution < -0.4 is 11.5 Å². The number of carbonyl (C=O) groups is 1. The second-order valence-corrected chi connectivity index (χ2v) is 3.91. The second-order valence-electron chi connectivity index (χ2n) is 2.48. The fourth-order valence-corrected chi connectivity index (χ4v) is 1.54. The van der Waals surface area contributed by atoms with E-state index < -0.39 is 0 Å². The van der Waals surface area contributed by atoms with Crippen molar-refractivity contribution in [3.63, 3.8) is 0 Å². The highest BCUT2D eigenvalue weighted by Crippen LogP contribution is 2.26. The number of Topliss-reactive ketones (excluding diaryl/α,β-unsaturated/α-hetero) is 1. The van der Waals surface area contributed by atoms with Crippen LogP contribution in [0.15, 0.2) is 12.1 Å². The molecule has 0 aromatic heterocycles. The molecule has 70 valence electrons. The third kappa shape index (κ3) is 2.05. The van der Waals surface area contributed by atoms with Crippen molar-refractivity contribution in [3.05, 3.63) is 21.3 Å². The molecule has 0 saturated carbocycles. The normalized spacial score (nSPS) is 10.0. The van der Waals surface area contributed by atoms with Crippen LogP contribution in [0.25, 0.3) is 0 Å². The molecule has 0 heterocycles. The maximum Gasteiger partial charge on any atom is 0.179 e. The number of ketones is 1. The van der Waals surface area contributed by atoms with E-state index in [9.17, 15) is 4.79 Å². The van der Waals surface area contributed by atoms with Gasteiger partial charge in [-0.3, -0.25) is 4.79 Å². The van der Waals surface area contributed by atoms with Crippen LogP contribution in [0.3, 0.4) is 0 Å². The van der Waals surface area contributed by atoms with Gasteiger partial charge in [-0.05, 0) is 34.7 Å². The Morgan fingerprint density at radius 2 is 2.00 bits per heavy atom. The maximum atomic E-state index is 11.2. The number of carbonyl (C=O) groups excluding carboxylic acids is 1. The van der Waals surface area contributed by atoms with Gasteiger partial charge in [0.1, 0.15) is 0 Å². The van der Waals surface area contributed by atoms with Crippen molar-refractivity contribution in [1.82, 2.24) is 0 Å². The summed E-state index contributed by atoms with van der Waals surface area (Å²) in [7, 11) is 0. The fourth-order valence-electron chi connectivity index (χ4n) is 0.925. The minimum atomic E-state index is -0.206. The topological polar surface area (TPSA) is 69.1 Å². The maximum absolute atomic E-state index is 11.2. The number of halogens is 2. The zero-order chi connectivity index (χ0) is 10.0. The SMILES string of the molecule is Nc1c(I)ccc(C(=O)CCl)c1N. The highest BCUT2D eigenvalue weighted by molar-refractivity contribution is 14.1. The summed E-state index contributed by atoms with van der Waals surface area (Å²) in [6.07, 6.45) is 0. The van der Waals surface area contributed by atoms with Crippen molar-refractivity contribution in [3.8, 4) is 0 Å². The first-order chi connectivity index (χ1) is 6.07. The predicted octanol–water partition coefficient (Wildman–Crippen LogP) is 1.88. The Bertz CT molecular complexity index is 354. The monoisotopic (exact) mass is 310 g/mol. The van der Waals surface area contributed by atoms with E-state index in [1.54, 1.807) is 12.1 Å². The number of nitrogen functional groups attached to an aromatic ring is 2. The van der Waals surface area contributed by atoms with Crippen molar-refractivity contribution in [2.45, 2.75) is 0 Å². The van der Waals surface area contributed by atoms with E-state index in [-0.39, 0.29) is 11.7 Å². The van der Waals surface area contributed by atoms with Crippen LogP contribution in [0, 0.1) is 3.57 Å². The first-order valence-electron chi connectivity index (χ1n) is 3.50.